The highest BCUT2D eigenvalue weighted by atomic mass is 32.1. The number of ether oxygens (including phenoxy) is 2. The lowest BCUT2D eigenvalue weighted by molar-refractivity contribution is -0.115. The number of hydrogen-bond donors (Lipinski definition) is 1. The Labute approximate surface area is 155 Å². The Morgan fingerprint density at radius 1 is 1.44 bits per heavy atom. The van der Waals surface area contributed by atoms with E-state index in [2.05, 4.69) is 12.2 Å². The van der Waals surface area contributed by atoms with E-state index in [1.54, 1.807) is 13.2 Å². The molecule has 1 N–H and O–H groups in total. The molecule has 0 radical (unpaired) electrons. The first kappa shape index (κ1) is 19.4. The number of hydrogen-bond acceptors (Lipinski definition) is 4. The summed E-state index contributed by atoms with van der Waals surface area (Å²) in [4.78, 5) is 14.1. The van der Waals surface area contributed by atoms with Gasteiger partial charge in [0, 0.05) is 25.8 Å². The second-order valence-electron chi connectivity index (χ2n) is 5.98. The van der Waals surface area contributed by atoms with Crippen molar-refractivity contribution >= 4 is 29.3 Å². The van der Waals surface area contributed by atoms with E-state index in [9.17, 15) is 4.79 Å². The molecule has 0 saturated carbocycles. The zero-order chi connectivity index (χ0) is 18.1. The molecule has 1 fully saturated rings. The van der Waals surface area contributed by atoms with Crippen LogP contribution in [0.5, 0.6) is 5.75 Å². The minimum Gasteiger partial charge on any atom is -0.497 e. The Hall–Kier alpha value is -1.92. The third kappa shape index (κ3) is 6.48. The predicted octanol–water partition coefficient (Wildman–Crippen LogP) is 3.00. The lowest BCUT2D eigenvalue weighted by Gasteiger charge is -2.27. The molecule has 0 spiro atoms. The molecule has 1 atom stereocenters. The normalized spacial score (nSPS) is 16.8. The highest BCUT2D eigenvalue weighted by molar-refractivity contribution is 7.80. The van der Waals surface area contributed by atoms with Gasteiger partial charge in [0.15, 0.2) is 5.11 Å². The molecule has 25 heavy (non-hydrogen) atoms. The second kappa shape index (κ2) is 10.2. The number of amides is 1. The van der Waals surface area contributed by atoms with Crippen LogP contribution in [-0.4, -0.2) is 48.8 Å². The lowest BCUT2D eigenvalue weighted by atomic mass is 10.2. The van der Waals surface area contributed by atoms with Crippen molar-refractivity contribution in [3.63, 3.8) is 0 Å². The first-order valence-corrected chi connectivity index (χ1v) is 9.06. The van der Waals surface area contributed by atoms with E-state index < -0.39 is 0 Å². The van der Waals surface area contributed by atoms with Gasteiger partial charge in [-0.3, -0.25) is 10.1 Å². The highest BCUT2D eigenvalue weighted by Crippen LogP contribution is 2.14. The van der Waals surface area contributed by atoms with Gasteiger partial charge in [0.05, 0.1) is 13.2 Å². The van der Waals surface area contributed by atoms with Crippen molar-refractivity contribution in [1.82, 2.24) is 10.2 Å². The van der Waals surface area contributed by atoms with Gasteiger partial charge in [0.2, 0.25) is 5.91 Å². The number of nitrogens with zero attached hydrogens (tertiary/aromatic N) is 1. The number of carbonyl (C=O) groups is 1. The zero-order valence-corrected chi connectivity index (χ0v) is 15.7. The largest absolute Gasteiger partial charge is 0.497 e. The molecule has 5 nitrogen and oxygen atoms in total. The summed E-state index contributed by atoms with van der Waals surface area (Å²) in [6, 6.07) is 7.49. The van der Waals surface area contributed by atoms with Crippen LogP contribution in [0.3, 0.4) is 0 Å². The summed E-state index contributed by atoms with van der Waals surface area (Å²) >= 11 is 5.40. The molecule has 0 bridgehead atoms. The average molecular weight is 362 g/mol. The Balaban J connectivity index is 1.87. The summed E-state index contributed by atoms with van der Waals surface area (Å²) in [6.45, 7) is 4.45. The molecule has 1 unspecified atom stereocenters. The standard InChI is InChI=1S/C19H26N2O3S/c1-3-12-21(14-17-5-4-13-24-17)19(25)20-18(22)11-8-15-6-9-16(23-2)10-7-15/h6-11,17H,3-5,12-14H2,1-2H3,(H,20,22,25)/b11-8+. The van der Waals surface area contributed by atoms with Gasteiger partial charge in [-0.15, -0.1) is 0 Å². The van der Waals surface area contributed by atoms with Crippen molar-refractivity contribution in [1.29, 1.82) is 0 Å². The molecular formula is C19H26N2O3S. The van der Waals surface area contributed by atoms with Gasteiger partial charge >= 0.3 is 0 Å². The number of thiocarbonyl (C=S) groups is 1. The SMILES string of the molecule is CCCN(CC1CCCO1)C(=S)NC(=O)/C=C/c1ccc(OC)cc1. The summed E-state index contributed by atoms with van der Waals surface area (Å²) in [5.74, 6) is 0.557. The van der Waals surface area contributed by atoms with Gasteiger partial charge in [-0.2, -0.15) is 0 Å². The molecule has 1 saturated heterocycles. The fraction of sp³-hybridized carbons (Fsp3) is 0.474. The second-order valence-corrected chi connectivity index (χ2v) is 6.37. The molecule has 1 heterocycles. The molecule has 2 rings (SSSR count). The highest BCUT2D eigenvalue weighted by Gasteiger charge is 2.20. The molecule has 1 aromatic carbocycles. The monoisotopic (exact) mass is 362 g/mol. The number of carbonyl (C=O) groups excluding carboxylic acids is 1. The van der Waals surface area contributed by atoms with Crippen LogP contribution in [0.25, 0.3) is 6.08 Å². The first-order chi connectivity index (χ1) is 12.1. The van der Waals surface area contributed by atoms with E-state index in [0.29, 0.717) is 5.11 Å². The molecule has 1 aromatic rings. The molecule has 6 heteroatoms. The van der Waals surface area contributed by atoms with Crippen molar-refractivity contribution < 1.29 is 14.3 Å². The van der Waals surface area contributed by atoms with E-state index in [1.165, 1.54) is 6.08 Å². The average Bonchev–Trinajstić information content (AvgIpc) is 3.13. The van der Waals surface area contributed by atoms with Gasteiger partial charge in [-0.25, -0.2) is 0 Å². The lowest BCUT2D eigenvalue weighted by Crippen LogP contribution is -2.45. The quantitative estimate of drug-likeness (QED) is 0.597. The van der Waals surface area contributed by atoms with Crippen molar-refractivity contribution in [2.24, 2.45) is 0 Å². The van der Waals surface area contributed by atoms with Crippen LogP contribution >= 0.6 is 12.2 Å². The molecule has 1 aliphatic heterocycles. The molecule has 0 aromatic heterocycles. The number of methoxy groups -OCH3 is 1. The van der Waals surface area contributed by atoms with Gasteiger partial charge in [0.1, 0.15) is 5.75 Å². The van der Waals surface area contributed by atoms with Gasteiger partial charge in [-0.05, 0) is 55.3 Å². The number of nitrogens with one attached hydrogen (secondary N) is 1. The van der Waals surface area contributed by atoms with Gasteiger partial charge in [0.25, 0.3) is 0 Å². The zero-order valence-electron chi connectivity index (χ0n) is 14.9. The van der Waals surface area contributed by atoms with Crippen molar-refractivity contribution in [2.45, 2.75) is 32.3 Å². The minimum atomic E-state index is -0.228. The maximum absolute atomic E-state index is 12.1. The summed E-state index contributed by atoms with van der Waals surface area (Å²) < 4.78 is 10.8. The summed E-state index contributed by atoms with van der Waals surface area (Å²) in [5.41, 5.74) is 0.923. The molecule has 136 valence electrons. The third-order valence-corrected chi connectivity index (χ3v) is 4.36. The molecule has 0 aliphatic carbocycles. The number of benzene rings is 1. The summed E-state index contributed by atoms with van der Waals surface area (Å²) in [5, 5.41) is 3.24. The van der Waals surface area contributed by atoms with Crippen LogP contribution in [0.1, 0.15) is 31.7 Å². The maximum atomic E-state index is 12.1. The summed E-state index contributed by atoms with van der Waals surface area (Å²) in [7, 11) is 1.62. The van der Waals surface area contributed by atoms with Gasteiger partial charge < -0.3 is 14.4 Å². The van der Waals surface area contributed by atoms with Crippen molar-refractivity contribution in [3.8, 4) is 5.75 Å². The Morgan fingerprint density at radius 2 is 2.20 bits per heavy atom. The van der Waals surface area contributed by atoms with Gasteiger partial charge in [-0.1, -0.05) is 19.1 Å². The minimum absolute atomic E-state index is 0.205. The molecule has 1 aliphatic rings. The first-order valence-electron chi connectivity index (χ1n) is 8.66. The van der Waals surface area contributed by atoms with Crippen LogP contribution in [0.2, 0.25) is 0 Å². The maximum Gasteiger partial charge on any atom is 0.250 e. The number of rotatable bonds is 7. The molecular weight excluding hydrogens is 336 g/mol. The fourth-order valence-corrected chi connectivity index (χ4v) is 2.96. The Kier molecular flexibility index (Phi) is 7.88. The van der Waals surface area contributed by atoms with Crippen LogP contribution in [-0.2, 0) is 9.53 Å². The van der Waals surface area contributed by atoms with Crippen LogP contribution in [0.4, 0.5) is 0 Å². The van der Waals surface area contributed by atoms with Crippen molar-refractivity contribution in [2.75, 3.05) is 26.8 Å². The topological polar surface area (TPSA) is 50.8 Å². The van der Waals surface area contributed by atoms with Crippen LogP contribution < -0.4 is 10.1 Å². The van der Waals surface area contributed by atoms with E-state index in [-0.39, 0.29) is 12.0 Å². The Morgan fingerprint density at radius 3 is 2.80 bits per heavy atom. The van der Waals surface area contributed by atoms with Crippen LogP contribution in [0, 0.1) is 0 Å². The van der Waals surface area contributed by atoms with Crippen LogP contribution in [0.15, 0.2) is 30.3 Å². The fourth-order valence-electron chi connectivity index (χ4n) is 2.69. The van der Waals surface area contributed by atoms with E-state index in [0.717, 1.165) is 50.3 Å². The van der Waals surface area contributed by atoms with Crippen molar-refractivity contribution in [3.05, 3.63) is 35.9 Å². The third-order valence-electron chi connectivity index (χ3n) is 4.00. The Bertz CT molecular complexity index is 595. The van der Waals surface area contributed by atoms with E-state index >= 15 is 0 Å². The van der Waals surface area contributed by atoms with E-state index in [1.807, 2.05) is 29.2 Å². The summed E-state index contributed by atoms with van der Waals surface area (Å²) in [6.07, 6.45) is 6.55. The molecule has 1 amide bonds. The smallest absolute Gasteiger partial charge is 0.250 e. The predicted molar refractivity (Wildman–Crippen MR) is 104 cm³/mol. The van der Waals surface area contributed by atoms with E-state index in [4.69, 9.17) is 21.7 Å².